The molecule has 1 aromatic carbocycles. The van der Waals surface area contributed by atoms with E-state index in [1.807, 2.05) is 0 Å². The summed E-state index contributed by atoms with van der Waals surface area (Å²) in [7, 11) is 0. The van der Waals surface area contributed by atoms with E-state index >= 15 is 0 Å². The molecular weight excluding hydrogens is 345 g/mol. The van der Waals surface area contributed by atoms with Crippen LogP contribution in [0.3, 0.4) is 0 Å². The minimum absolute atomic E-state index is 0.0758. The second-order valence-corrected chi connectivity index (χ2v) is 6.44. The average Bonchev–Trinajstić information content (AvgIpc) is 2.86. The van der Waals surface area contributed by atoms with Gasteiger partial charge in [-0.05, 0) is 18.2 Å². The van der Waals surface area contributed by atoms with E-state index in [4.69, 9.17) is 0 Å². The summed E-state index contributed by atoms with van der Waals surface area (Å²) in [6.07, 6.45) is 3.22. The van der Waals surface area contributed by atoms with Gasteiger partial charge in [-0.25, -0.2) is 4.39 Å². The van der Waals surface area contributed by atoms with Crippen LogP contribution in [0, 0.1) is 5.82 Å². The zero-order chi connectivity index (χ0) is 14.1. The van der Waals surface area contributed by atoms with Gasteiger partial charge in [0.15, 0.2) is 0 Å². The fourth-order valence-corrected chi connectivity index (χ4v) is 3.20. The van der Waals surface area contributed by atoms with Gasteiger partial charge in [0.25, 0.3) is 0 Å². The standard InChI is InChI=1S/C13H9BrFN3OS/c14-9-2-1-8(10(15)5-9)7-20(19)13-17-11-3-4-16-6-12(11)18-13/h1-6H,7H2,(H,17,18). The molecule has 2 heterocycles. The molecule has 0 saturated heterocycles. The highest BCUT2D eigenvalue weighted by Crippen LogP contribution is 2.21. The van der Waals surface area contributed by atoms with Crippen molar-refractivity contribution in [2.45, 2.75) is 10.9 Å². The normalized spacial score (nSPS) is 12.8. The summed E-state index contributed by atoms with van der Waals surface area (Å²) in [5.74, 6) is -0.308. The van der Waals surface area contributed by atoms with Crippen LogP contribution in [0.25, 0.3) is 11.0 Å². The monoisotopic (exact) mass is 353 g/mol. The van der Waals surface area contributed by atoms with Crippen molar-refractivity contribution in [1.29, 1.82) is 0 Å². The SMILES string of the molecule is [O-][S+](Cc1ccc(Br)cc1F)c1nc2cnccc2[nH]1. The molecular formula is C13H9BrFN3OS. The number of pyridine rings is 1. The molecule has 1 atom stereocenters. The molecule has 1 N–H and O–H groups in total. The minimum Gasteiger partial charge on any atom is -0.609 e. The maximum Gasteiger partial charge on any atom is 0.322 e. The summed E-state index contributed by atoms with van der Waals surface area (Å²) in [4.78, 5) is 11.1. The lowest BCUT2D eigenvalue weighted by Gasteiger charge is -2.07. The van der Waals surface area contributed by atoms with E-state index in [-0.39, 0.29) is 11.6 Å². The average molecular weight is 354 g/mol. The number of H-pyrrole nitrogens is 1. The highest BCUT2D eigenvalue weighted by molar-refractivity contribution is 9.10. The largest absolute Gasteiger partial charge is 0.609 e. The molecule has 0 fully saturated rings. The molecule has 3 aromatic rings. The molecule has 3 rings (SSSR count). The summed E-state index contributed by atoms with van der Waals surface area (Å²) in [6.45, 7) is 0. The van der Waals surface area contributed by atoms with Crippen LogP contribution in [0.1, 0.15) is 5.56 Å². The quantitative estimate of drug-likeness (QED) is 0.735. The van der Waals surface area contributed by atoms with E-state index in [2.05, 4.69) is 30.9 Å². The van der Waals surface area contributed by atoms with Gasteiger partial charge in [-0.2, -0.15) is 4.98 Å². The van der Waals surface area contributed by atoms with Crippen LogP contribution in [0.2, 0.25) is 0 Å². The molecule has 0 radical (unpaired) electrons. The first-order valence-electron chi connectivity index (χ1n) is 5.75. The van der Waals surface area contributed by atoms with Gasteiger partial charge in [0.2, 0.25) is 0 Å². The van der Waals surface area contributed by atoms with Crippen molar-refractivity contribution in [2.75, 3.05) is 0 Å². The van der Waals surface area contributed by atoms with E-state index in [9.17, 15) is 8.94 Å². The van der Waals surface area contributed by atoms with Gasteiger partial charge in [-0.1, -0.05) is 22.0 Å². The number of halogens is 2. The van der Waals surface area contributed by atoms with E-state index in [1.165, 1.54) is 6.07 Å². The van der Waals surface area contributed by atoms with Crippen molar-refractivity contribution in [3.05, 3.63) is 52.5 Å². The Morgan fingerprint density at radius 3 is 2.95 bits per heavy atom. The van der Waals surface area contributed by atoms with Crippen LogP contribution in [0.5, 0.6) is 0 Å². The van der Waals surface area contributed by atoms with Gasteiger partial charge < -0.3 is 4.55 Å². The first-order chi connectivity index (χ1) is 9.63. The molecule has 0 aliphatic carbocycles. The number of benzene rings is 1. The molecule has 4 nitrogen and oxygen atoms in total. The van der Waals surface area contributed by atoms with Gasteiger partial charge in [0, 0.05) is 27.4 Å². The number of aromatic nitrogens is 3. The Hall–Kier alpha value is -1.44. The number of nitrogens with one attached hydrogen (secondary N) is 1. The lowest BCUT2D eigenvalue weighted by atomic mass is 10.2. The molecule has 0 aliphatic heterocycles. The maximum atomic E-state index is 13.7. The minimum atomic E-state index is -1.43. The molecule has 0 bridgehead atoms. The third-order valence-corrected chi connectivity index (χ3v) is 4.47. The van der Waals surface area contributed by atoms with Gasteiger partial charge in [-0.15, -0.1) is 0 Å². The molecule has 0 saturated carbocycles. The number of imidazole rings is 1. The number of aromatic amines is 1. The van der Waals surface area contributed by atoms with Crippen molar-refractivity contribution in [1.82, 2.24) is 15.0 Å². The van der Waals surface area contributed by atoms with E-state index in [1.54, 1.807) is 30.6 Å². The van der Waals surface area contributed by atoms with Crippen LogP contribution < -0.4 is 0 Å². The molecule has 2 aromatic heterocycles. The predicted molar refractivity (Wildman–Crippen MR) is 78.1 cm³/mol. The zero-order valence-electron chi connectivity index (χ0n) is 10.1. The summed E-state index contributed by atoms with van der Waals surface area (Å²) < 4.78 is 26.6. The van der Waals surface area contributed by atoms with Gasteiger partial charge in [-0.3, -0.25) is 9.97 Å². The smallest absolute Gasteiger partial charge is 0.322 e. The molecule has 7 heteroatoms. The van der Waals surface area contributed by atoms with Gasteiger partial charge in [0.05, 0.1) is 11.7 Å². The Morgan fingerprint density at radius 2 is 2.20 bits per heavy atom. The van der Waals surface area contributed by atoms with Crippen molar-refractivity contribution < 1.29 is 8.94 Å². The topological polar surface area (TPSA) is 64.6 Å². The molecule has 1 unspecified atom stereocenters. The highest BCUT2D eigenvalue weighted by Gasteiger charge is 2.19. The summed E-state index contributed by atoms with van der Waals surface area (Å²) in [5.41, 5.74) is 1.80. The van der Waals surface area contributed by atoms with Crippen molar-refractivity contribution in [3.8, 4) is 0 Å². The summed E-state index contributed by atoms with van der Waals surface area (Å²) in [6, 6.07) is 6.44. The molecule has 20 heavy (non-hydrogen) atoms. The van der Waals surface area contributed by atoms with Gasteiger partial charge in [0.1, 0.15) is 17.1 Å². The Morgan fingerprint density at radius 1 is 1.35 bits per heavy atom. The maximum absolute atomic E-state index is 13.7. The molecule has 0 amide bonds. The number of hydrogen-bond donors (Lipinski definition) is 1. The highest BCUT2D eigenvalue weighted by atomic mass is 79.9. The third-order valence-electron chi connectivity index (χ3n) is 2.78. The van der Waals surface area contributed by atoms with Crippen molar-refractivity contribution in [3.63, 3.8) is 0 Å². The summed E-state index contributed by atoms with van der Waals surface area (Å²) in [5, 5.41) is 0.329. The molecule has 0 spiro atoms. The van der Waals surface area contributed by atoms with Crippen LogP contribution in [-0.2, 0) is 16.9 Å². The number of fused-ring (bicyclic) bond motifs is 1. The van der Waals surface area contributed by atoms with Crippen LogP contribution >= 0.6 is 15.9 Å². The first kappa shape index (κ1) is 13.5. The molecule has 0 aliphatic rings. The van der Waals surface area contributed by atoms with Crippen LogP contribution in [0.15, 0.2) is 46.3 Å². The number of nitrogens with zero attached hydrogens (tertiary/aromatic N) is 2. The summed E-state index contributed by atoms with van der Waals surface area (Å²) >= 11 is 1.76. The van der Waals surface area contributed by atoms with Crippen molar-refractivity contribution in [2.24, 2.45) is 0 Å². The second kappa shape index (κ2) is 5.51. The van der Waals surface area contributed by atoms with Crippen LogP contribution in [0.4, 0.5) is 4.39 Å². The number of rotatable bonds is 3. The zero-order valence-corrected chi connectivity index (χ0v) is 12.5. The fraction of sp³-hybridized carbons (Fsp3) is 0.0769. The van der Waals surface area contributed by atoms with E-state index < -0.39 is 11.2 Å². The fourth-order valence-electron chi connectivity index (χ4n) is 1.79. The first-order valence-corrected chi connectivity index (χ1v) is 7.87. The van der Waals surface area contributed by atoms with E-state index in [0.717, 1.165) is 5.52 Å². The van der Waals surface area contributed by atoms with Crippen molar-refractivity contribution >= 4 is 38.1 Å². The van der Waals surface area contributed by atoms with E-state index in [0.29, 0.717) is 20.7 Å². The third kappa shape index (κ3) is 2.70. The second-order valence-electron chi connectivity index (χ2n) is 4.16. The van der Waals surface area contributed by atoms with Crippen LogP contribution in [-0.4, -0.2) is 19.5 Å². The lowest BCUT2D eigenvalue weighted by molar-refractivity contribution is 0.580. The Kier molecular flexibility index (Phi) is 3.73. The Labute approximate surface area is 125 Å². The lowest BCUT2D eigenvalue weighted by Crippen LogP contribution is -2.08. The predicted octanol–water partition coefficient (Wildman–Crippen LogP) is 3.17. The van der Waals surface area contributed by atoms with Gasteiger partial charge >= 0.3 is 5.16 Å². The Balaban J connectivity index is 1.86. The number of hydrogen-bond acceptors (Lipinski definition) is 3. The Bertz CT molecular complexity index is 731. The molecule has 102 valence electrons.